The Morgan fingerprint density at radius 3 is 3.11 bits per heavy atom. The number of aliphatic hydroxyl groups excluding tert-OH is 1. The van der Waals surface area contributed by atoms with E-state index in [4.69, 9.17) is 5.73 Å². The molecule has 1 amide bonds. The van der Waals surface area contributed by atoms with Crippen LogP contribution in [0.25, 0.3) is 0 Å². The van der Waals surface area contributed by atoms with Gasteiger partial charge in [-0.15, -0.1) is 0 Å². The number of hydrogen-bond donors (Lipinski definition) is 3. The number of pyridine rings is 1. The Balaban J connectivity index is 1.95. The van der Waals surface area contributed by atoms with Gasteiger partial charge in [-0.05, 0) is 37.3 Å². The number of nitrogens with two attached hydrogens (primary N) is 1. The van der Waals surface area contributed by atoms with Crippen LogP contribution in [-0.4, -0.2) is 28.6 Å². The van der Waals surface area contributed by atoms with E-state index in [2.05, 4.69) is 10.3 Å². The minimum Gasteiger partial charge on any atom is -0.393 e. The predicted octanol–water partition coefficient (Wildman–Crippen LogP) is 1.14. The van der Waals surface area contributed by atoms with E-state index in [1.54, 1.807) is 18.3 Å². The number of aromatic nitrogens is 1. The summed E-state index contributed by atoms with van der Waals surface area (Å²) in [5.74, 6) is 0.482. The molecule has 0 aromatic carbocycles. The quantitative estimate of drug-likeness (QED) is 0.746. The number of hydrogen-bond acceptors (Lipinski definition) is 4. The van der Waals surface area contributed by atoms with Gasteiger partial charge in [0, 0.05) is 12.7 Å². The first-order chi connectivity index (χ1) is 8.66. The van der Waals surface area contributed by atoms with E-state index in [-0.39, 0.29) is 6.10 Å². The molecule has 18 heavy (non-hydrogen) atoms. The van der Waals surface area contributed by atoms with Crippen LogP contribution in [0.5, 0.6) is 0 Å². The van der Waals surface area contributed by atoms with Gasteiger partial charge < -0.3 is 16.2 Å². The van der Waals surface area contributed by atoms with Crippen molar-refractivity contribution in [2.75, 3.05) is 11.9 Å². The molecule has 5 heteroatoms. The monoisotopic (exact) mass is 249 g/mol. The van der Waals surface area contributed by atoms with Crippen molar-refractivity contribution in [2.45, 2.75) is 31.8 Å². The topological polar surface area (TPSA) is 88.2 Å². The lowest BCUT2D eigenvalue weighted by Gasteiger charge is -2.26. The zero-order valence-electron chi connectivity index (χ0n) is 10.3. The summed E-state index contributed by atoms with van der Waals surface area (Å²) in [4.78, 5) is 15.4. The van der Waals surface area contributed by atoms with Crippen LogP contribution >= 0.6 is 0 Å². The van der Waals surface area contributed by atoms with Gasteiger partial charge in [0.2, 0.25) is 0 Å². The van der Waals surface area contributed by atoms with E-state index < -0.39 is 5.91 Å². The molecule has 0 aliphatic heterocycles. The molecule has 1 aliphatic carbocycles. The van der Waals surface area contributed by atoms with Gasteiger partial charge in [0.1, 0.15) is 5.82 Å². The average Bonchev–Trinajstić information content (AvgIpc) is 2.37. The fraction of sp³-hybridized carbons (Fsp3) is 0.538. The van der Waals surface area contributed by atoms with Crippen LogP contribution in [0.15, 0.2) is 18.3 Å². The van der Waals surface area contributed by atoms with Crippen molar-refractivity contribution in [3.63, 3.8) is 0 Å². The summed E-state index contributed by atoms with van der Waals surface area (Å²) < 4.78 is 0. The summed E-state index contributed by atoms with van der Waals surface area (Å²) in [6.45, 7) is 0.717. The Kier molecular flexibility index (Phi) is 4.15. The third-order valence-corrected chi connectivity index (χ3v) is 3.39. The van der Waals surface area contributed by atoms with Crippen molar-refractivity contribution in [1.82, 2.24) is 4.98 Å². The minimum absolute atomic E-state index is 0.190. The first kappa shape index (κ1) is 12.8. The Morgan fingerprint density at radius 1 is 1.56 bits per heavy atom. The van der Waals surface area contributed by atoms with E-state index >= 15 is 0 Å². The molecule has 1 fully saturated rings. The van der Waals surface area contributed by atoms with Crippen LogP contribution in [0.4, 0.5) is 5.82 Å². The molecule has 2 atom stereocenters. The van der Waals surface area contributed by atoms with E-state index in [1.165, 1.54) is 0 Å². The molecule has 1 aromatic heterocycles. The highest BCUT2D eigenvalue weighted by Crippen LogP contribution is 2.24. The summed E-state index contributed by atoms with van der Waals surface area (Å²) in [7, 11) is 0. The number of rotatable bonds is 4. The summed E-state index contributed by atoms with van der Waals surface area (Å²) in [5.41, 5.74) is 5.70. The molecule has 2 unspecified atom stereocenters. The zero-order chi connectivity index (χ0) is 13.0. The number of anilines is 1. The van der Waals surface area contributed by atoms with Crippen molar-refractivity contribution in [1.29, 1.82) is 0 Å². The second-order valence-corrected chi connectivity index (χ2v) is 4.83. The largest absolute Gasteiger partial charge is 0.393 e. The maximum absolute atomic E-state index is 11.2. The molecule has 1 aliphatic rings. The van der Waals surface area contributed by atoms with E-state index in [1.807, 2.05) is 0 Å². The van der Waals surface area contributed by atoms with E-state index in [0.29, 0.717) is 23.8 Å². The van der Waals surface area contributed by atoms with Gasteiger partial charge in [0.15, 0.2) is 0 Å². The number of carbonyl (C=O) groups is 1. The molecular formula is C13H19N3O2. The van der Waals surface area contributed by atoms with Gasteiger partial charge in [-0.2, -0.15) is 0 Å². The third kappa shape index (κ3) is 3.20. The number of carbonyl (C=O) groups excluding carboxylic acids is 1. The lowest BCUT2D eigenvalue weighted by molar-refractivity contribution is 0.0998. The number of aliphatic hydroxyl groups is 1. The molecule has 0 radical (unpaired) electrons. The second kappa shape index (κ2) is 5.82. The highest BCUT2D eigenvalue weighted by molar-refractivity contribution is 5.97. The molecule has 2 rings (SSSR count). The normalized spacial score (nSPS) is 23.6. The zero-order valence-corrected chi connectivity index (χ0v) is 10.3. The Hall–Kier alpha value is -1.62. The summed E-state index contributed by atoms with van der Waals surface area (Å²) in [5, 5.41) is 12.8. The lowest BCUT2D eigenvalue weighted by atomic mass is 9.87. The maximum atomic E-state index is 11.2. The SMILES string of the molecule is NC(=O)c1cccnc1NCC1CCCC(O)C1. The molecule has 1 heterocycles. The Morgan fingerprint density at radius 2 is 2.39 bits per heavy atom. The molecule has 0 saturated heterocycles. The van der Waals surface area contributed by atoms with Gasteiger partial charge in [0.05, 0.1) is 11.7 Å². The fourth-order valence-corrected chi connectivity index (χ4v) is 2.43. The van der Waals surface area contributed by atoms with Crippen molar-refractivity contribution >= 4 is 11.7 Å². The van der Waals surface area contributed by atoms with Gasteiger partial charge in [-0.25, -0.2) is 4.98 Å². The van der Waals surface area contributed by atoms with Crippen LogP contribution < -0.4 is 11.1 Å². The second-order valence-electron chi connectivity index (χ2n) is 4.83. The predicted molar refractivity (Wildman–Crippen MR) is 69.2 cm³/mol. The first-order valence-corrected chi connectivity index (χ1v) is 6.33. The molecule has 0 bridgehead atoms. The molecule has 5 nitrogen and oxygen atoms in total. The van der Waals surface area contributed by atoms with Crippen molar-refractivity contribution in [3.05, 3.63) is 23.9 Å². The Labute approximate surface area is 106 Å². The summed E-state index contributed by atoms with van der Waals surface area (Å²) >= 11 is 0. The summed E-state index contributed by atoms with van der Waals surface area (Å²) in [6, 6.07) is 3.35. The number of nitrogens with zero attached hydrogens (tertiary/aromatic N) is 1. The third-order valence-electron chi connectivity index (χ3n) is 3.39. The van der Waals surface area contributed by atoms with Crippen molar-refractivity contribution < 1.29 is 9.90 Å². The van der Waals surface area contributed by atoms with Crippen LogP contribution in [0.2, 0.25) is 0 Å². The van der Waals surface area contributed by atoms with Crippen LogP contribution in [0.3, 0.4) is 0 Å². The van der Waals surface area contributed by atoms with Gasteiger partial charge in [-0.3, -0.25) is 4.79 Å². The smallest absolute Gasteiger partial charge is 0.252 e. The van der Waals surface area contributed by atoms with Crippen LogP contribution in [-0.2, 0) is 0 Å². The van der Waals surface area contributed by atoms with Gasteiger partial charge >= 0.3 is 0 Å². The lowest BCUT2D eigenvalue weighted by Crippen LogP contribution is -2.26. The van der Waals surface area contributed by atoms with Crippen molar-refractivity contribution in [2.24, 2.45) is 11.7 Å². The highest BCUT2D eigenvalue weighted by atomic mass is 16.3. The number of primary amides is 1. The number of nitrogens with one attached hydrogen (secondary N) is 1. The molecular weight excluding hydrogens is 230 g/mol. The van der Waals surface area contributed by atoms with E-state index in [9.17, 15) is 9.90 Å². The average molecular weight is 249 g/mol. The molecule has 1 saturated carbocycles. The van der Waals surface area contributed by atoms with Crippen LogP contribution in [0.1, 0.15) is 36.0 Å². The molecule has 4 N–H and O–H groups in total. The standard InChI is InChI=1S/C13H19N3O2/c14-12(18)11-5-2-6-15-13(11)16-8-9-3-1-4-10(17)7-9/h2,5-6,9-10,17H,1,3-4,7-8H2,(H2,14,18)(H,15,16). The van der Waals surface area contributed by atoms with Gasteiger partial charge in [-0.1, -0.05) is 6.42 Å². The van der Waals surface area contributed by atoms with Crippen LogP contribution in [0, 0.1) is 5.92 Å². The van der Waals surface area contributed by atoms with Crippen molar-refractivity contribution in [3.8, 4) is 0 Å². The Bertz CT molecular complexity index is 422. The minimum atomic E-state index is -0.478. The molecule has 98 valence electrons. The number of amides is 1. The first-order valence-electron chi connectivity index (χ1n) is 6.33. The summed E-state index contributed by atoms with van der Waals surface area (Å²) in [6.07, 6.45) is 5.30. The fourth-order valence-electron chi connectivity index (χ4n) is 2.43. The van der Waals surface area contributed by atoms with E-state index in [0.717, 1.165) is 25.7 Å². The molecule has 1 aromatic rings. The molecule has 0 spiro atoms. The maximum Gasteiger partial charge on any atom is 0.252 e. The highest BCUT2D eigenvalue weighted by Gasteiger charge is 2.20. The van der Waals surface area contributed by atoms with Gasteiger partial charge in [0.25, 0.3) is 5.91 Å².